The van der Waals surface area contributed by atoms with Crippen molar-refractivity contribution in [3.63, 3.8) is 0 Å². The van der Waals surface area contributed by atoms with Crippen molar-refractivity contribution in [3.8, 4) is 5.69 Å². The van der Waals surface area contributed by atoms with Crippen LogP contribution in [0.15, 0.2) is 65.4 Å². The maximum atomic E-state index is 13.9. The minimum Gasteiger partial charge on any atom is -0.467 e. The first kappa shape index (κ1) is 23.9. The Labute approximate surface area is 202 Å². The number of hydrogen-bond acceptors (Lipinski definition) is 3. The molecule has 6 heteroatoms. The van der Waals surface area contributed by atoms with E-state index >= 15 is 0 Å². The number of carbonyl (C=O) groups excluding carboxylic acids is 2. The molecule has 2 amide bonds. The van der Waals surface area contributed by atoms with E-state index in [9.17, 15) is 9.59 Å². The van der Waals surface area contributed by atoms with Gasteiger partial charge >= 0.3 is 0 Å². The summed E-state index contributed by atoms with van der Waals surface area (Å²) in [5.74, 6) is 0.624. The second-order valence-corrected chi connectivity index (χ2v) is 9.25. The van der Waals surface area contributed by atoms with Crippen LogP contribution in [0, 0.1) is 0 Å². The molecule has 0 bridgehead atoms. The van der Waals surface area contributed by atoms with Crippen LogP contribution in [0.2, 0.25) is 0 Å². The Balaban J connectivity index is 1.60. The fourth-order valence-corrected chi connectivity index (χ4v) is 4.78. The lowest BCUT2D eigenvalue weighted by Gasteiger charge is -2.38. The monoisotopic (exact) mass is 461 g/mol. The minimum atomic E-state index is -0.398. The van der Waals surface area contributed by atoms with E-state index in [2.05, 4.69) is 11.5 Å². The van der Waals surface area contributed by atoms with Gasteiger partial charge in [0, 0.05) is 18.7 Å². The lowest BCUT2D eigenvalue weighted by molar-refractivity contribution is -0.137. The highest BCUT2D eigenvalue weighted by Crippen LogP contribution is 2.42. The fourth-order valence-electron chi connectivity index (χ4n) is 4.78. The van der Waals surface area contributed by atoms with Crippen LogP contribution in [0.25, 0.3) is 5.69 Å². The Morgan fingerprint density at radius 2 is 1.74 bits per heavy atom. The van der Waals surface area contributed by atoms with E-state index in [4.69, 9.17) is 4.42 Å². The van der Waals surface area contributed by atoms with Crippen molar-refractivity contribution in [2.24, 2.45) is 0 Å². The third-order valence-electron chi connectivity index (χ3n) is 6.54. The number of furan rings is 1. The number of amides is 2. The Morgan fingerprint density at radius 1 is 0.971 bits per heavy atom. The molecule has 1 aliphatic heterocycles. The van der Waals surface area contributed by atoms with Gasteiger partial charge in [-0.25, -0.2) is 0 Å². The molecule has 2 aromatic heterocycles. The molecule has 4 rings (SSSR count). The first-order chi connectivity index (χ1) is 16.5. The first-order valence-electron chi connectivity index (χ1n) is 12.4. The molecule has 34 heavy (non-hydrogen) atoms. The Hall–Kier alpha value is -3.28. The summed E-state index contributed by atoms with van der Waals surface area (Å²) < 4.78 is 7.90. The second-order valence-electron chi connectivity index (χ2n) is 9.25. The van der Waals surface area contributed by atoms with E-state index in [-0.39, 0.29) is 24.4 Å². The number of carbonyl (C=O) groups is 2. The molecule has 0 aliphatic carbocycles. The molecule has 0 fully saturated rings. The summed E-state index contributed by atoms with van der Waals surface area (Å²) in [5, 5.41) is 0. The van der Waals surface area contributed by atoms with Gasteiger partial charge in [-0.2, -0.15) is 0 Å². The number of hydrogen-bond donors (Lipinski definition) is 0. The van der Waals surface area contributed by atoms with Gasteiger partial charge in [0.2, 0.25) is 11.8 Å². The molecule has 3 heterocycles. The first-order valence-corrected chi connectivity index (χ1v) is 12.4. The number of rotatable bonds is 10. The predicted molar refractivity (Wildman–Crippen MR) is 134 cm³/mol. The summed E-state index contributed by atoms with van der Waals surface area (Å²) in [6, 6.07) is 15.2. The molecule has 6 nitrogen and oxygen atoms in total. The predicted octanol–water partition coefficient (Wildman–Crippen LogP) is 6.10. The van der Waals surface area contributed by atoms with Crippen molar-refractivity contribution in [2.45, 2.75) is 71.4 Å². The van der Waals surface area contributed by atoms with Gasteiger partial charge < -0.3 is 13.9 Å². The Bertz CT molecular complexity index is 1100. The standard InChI is InChI=1S/C28H35N3O3/c1-4-5-6-7-8-17-26(32)30(21(2)3)20-27(33)31-23-14-10-9-13-22(23)29-18-11-15-24(29)28(31)25-16-12-19-34-25/h9-16,18-19,21,28H,4-8,17,20H2,1-3H3. The number of para-hydroxylation sites is 2. The van der Waals surface area contributed by atoms with Crippen molar-refractivity contribution in [2.75, 3.05) is 11.4 Å². The van der Waals surface area contributed by atoms with Gasteiger partial charge in [0.15, 0.2) is 0 Å². The molecule has 3 aromatic rings. The lowest BCUT2D eigenvalue weighted by Crippen LogP contribution is -2.48. The van der Waals surface area contributed by atoms with Crippen LogP contribution in [0.3, 0.4) is 0 Å². The Morgan fingerprint density at radius 3 is 2.44 bits per heavy atom. The van der Waals surface area contributed by atoms with Gasteiger partial charge in [-0.05, 0) is 56.7 Å². The van der Waals surface area contributed by atoms with Gasteiger partial charge in [-0.3, -0.25) is 14.5 Å². The fraction of sp³-hybridized carbons (Fsp3) is 0.429. The molecule has 180 valence electrons. The van der Waals surface area contributed by atoms with Crippen LogP contribution in [0.1, 0.15) is 76.8 Å². The lowest BCUT2D eigenvalue weighted by atomic mass is 10.0. The second kappa shape index (κ2) is 10.8. The van der Waals surface area contributed by atoms with Crippen molar-refractivity contribution >= 4 is 17.5 Å². The van der Waals surface area contributed by atoms with E-state index in [0.717, 1.165) is 36.3 Å². The van der Waals surface area contributed by atoms with Crippen molar-refractivity contribution in [1.29, 1.82) is 0 Å². The van der Waals surface area contributed by atoms with Crippen molar-refractivity contribution in [1.82, 2.24) is 9.47 Å². The number of benzene rings is 1. The van der Waals surface area contributed by atoms with Crippen LogP contribution in [0.4, 0.5) is 5.69 Å². The SMILES string of the molecule is CCCCCCCC(=O)N(CC(=O)N1c2ccccc2-n2cccc2C1c1ccco1)C(C)C. The molecule has 1 unspecified atom stereocenters. The van der Waals surface area contributed by atoms with E-state index in [0.29, 0.717) is 12.2 Å². The average molecular weight is 462 g/mol. The van der Waals surface area contributed by atoms with Gasteiger partial charge in [0.25, 0.3) is 0 Å². The van der Waals surface area contributed by atoms with Crippen LogP contribution in [0.5, 0.6) is 0 Å². The zero-order valence-electron chi connectivity index (χ0n) is 20.4. The molecule has 1 atom stereocenters. The smallest absolute Gasteiger partial charge is 0.247 e. The highest BCUT2D eigenvalue weighted by Gasteiger charge is 2.38. The summed E-state index contributed by atoms with van der Waals surface area (Å²) >= 11 is 0. The van der Waals surface area contributed by atoms with Crippen molar-refractivity contribution in [3.05, 3.63) is 72.4 Å². The minimum absolute atomic E-state index is 0.0394. The molecule has 1 aromatic carbocycles. The van der Waals surface area contributed by atoms with Crippen molar-refractivity contribution < 1.29 is 14.0 Å². The number of nitrogens with zero attached hydrogens (tertiary/aromatic N) is 3. The molecular weight excluding hydrogens is 426 g/mol. The zero-order valence-corrected chi connectivity index (χ0v) is 20.4. The number of fused-ring (bicyclic) bond motifs is 3. The van der Waals surface area contributed by atoms with E-state index < -0.39 is 6.04 Å². The van der Waals surface area contributed by atoms with E-state index in [1.807, 2.05) is 68.6 Å². The molecule has 0 saturated carbocycles. The summed E-state index contributed by atoms with van der Waals surface area (Å²) in [7, 11) is 0. The largest absolute Gasteiger partial charge is 0.467 e. The third-order valence-corrected chi connectivity index (χ3v) is 6.54. The summed E-state index contributed by atoms with van der Waals surface area (Å²) in [5.41, 5.74) is 2.71. The van der Waals surface area contributed by atoms with Crippen LogP contribution >= 0.6 is 0 Å². The number of unbranched alkanes of at least 4 members (excludes halogenated alkanes) is 4. The molecule has 1 aliphatic rings. The van der Waals surface area contributed by atoms with Crippen LogP contribution < -0.4 is 4.90 Å². The van der Waals surface area contributed by atoms with E-state index in [1.54, 1.807) is 16.1 Å². The molecule has 0 radical (unpaired) electrons. The van der Waals surface area contributed by atoms with Gasteiger partial charge in [-0.15, -0.1) is 0 Å². The third kappa shape index (κ3) is 4.81. The highest BCUT2D eigenvalue weighted by molar-refractivity contribution is 6.00. The average Bonchev–Trinajstić information content (AvgIpc) is 3.53. The van der Waals surface area contributed by atoms with E-state index in [1.165, 1.54) is 12.8 Å². The zero-order chi connectivity index (χ0) is 24.1. The molecule has 0 N–H and O–H groups in total. The normalized spacial score (nSPS) is 14.7. The van der Waals surface area contributed by atoms with Crippen LogP contribution in [-0.4, -0.2) is 33.9 Å². The maximum absolute atomic E-state index is 13.9. The molecule has 0 saturated heterocycles. The summed E-state index contributed by atoms with van der Waals surface area (Å²) in [6.07, 6.45) is 9.57. The maximum Gasteiger partial charge on any atom is 0.247 e. The quantitative estimate of drug-likeness (QED) is 0.343. The molecular formula is C28H35N3O3. The highest BCUT2D eigenvalue weighted by atomic mass is 16.3. The summed E-state index contributed by atoms with van der Waals surface area (Å²) in [6.45, 7) is 6.17. The number of aromatic nitrogens is 1. The van der Waals surface area contributed by atoms with Crippen LogP contribution in [-0.2, 0) is 9.59 Å². The number of anilines is 1. The topological polar surface area (TPSA) is 58.7 Å². The van der Waals surface area contributed by atoms with Gasteiger partial charge in [0.1, 0.15) is 18.3 Å². The van der Waals surface area contributed by atoms with Gasteiger partial charge in [0.05, 0.1) is 23.3 Å². The Kier molecular flexibility index (Phi) is 7.56. The summed E-state index contributed by atoms with van der Waals surface area (Å²) in [4.78, 5) is 30.5. The molecule has 0 spiro atoms. The van der Waals surface area contributed by atoms with Gasteiger partial charge in [-0.1, -0.05) is 44.7 Å².